The van der Waals surface area contributed by atoms with Crippen molar-refractivity contribution in [2.45, 2.75) is 17.4 Å². The Morgan fingerprint density at radius 2 is 1.86 bits per heavy atom. The number of aryl methyl sites for hydroxylation is 1. The minimum absolute atomic E-state index is 0.142. The number of halogens is 1. The number of aromatic nitrogens is 1. The summed E-state index contributed by atoms with van der Waals surface area (Å²) in [7, 11) is 2.05. The van der Waals surface area contributed by atoms with Crippen molar-refractivity contribution in [3.63, 3.8) is 0 Å². The third-order valence-corrected chi connectivity index (χ3v) is 5.90. The van der Waals surface area contributed by atoms with Gasteiger partial charge in [-0.05, 0) is 35.5 Å². The van der Waals surface area contributed by atoms with Crippen LogP contribution >= 0.6 is 27.7 Å². The summed E-state index contributed by atoms with van der Waals surface area (Å²) in [6.07, 6.45) is 0.563. The lowest BCUT2D eigenvalue weighted by Crippen LogP contribution is -2.13. The van der Waals surface area contributed by atoms with E-state index in [4.69, 9.17) is 0 Å². The number of hydrogen-bond donors (Lipinski definition) is 0. The van der Waals surface area contributed by atoms with E-state index in [1.165, 1.54) is 33.8 Å². The summed E-state index contributed by atoms with van der Waals surface area (Å²) in [6, 6.07) is 16.7. The molecule has 1 atom stereocenters. The van der Waals surface area contributed by atoms with Crippen molar-refractivity contribution >= 4 is 43.7 Å². The number of para-hydroxylation sites is 1. The Hall–Kier alpha value is -1.52. The normalized spacial score (nSPS) is 17.7. The zero-order valence-corrected chi connectivity index (χ0v) is 14.4. The number of carbonyl (C=O) groups is 1. The van der Waals surface area contributed by atoms with E-state index in [9.17, 15) is 4.79 Å². The van der Waals surface area contributed by atoms with Crippen molar-refractivity contribution < 1.29 is 4.79 Å². The molecular formula is C18H14BrNOS. The minimum atomic E-state index is 0.142. The van der Waals surface area contributed by atoms with Gasteiger partial charge >= 0.3 is 0 Å². The van der Waals surface area contributed by atoms with Gasteiger partial charge in [-0.1, -0.05) is 46.3 Å². The Kier molecular flexibility index (Phi) is 3.39. The molecule has 0 saturated heterocycles. The summed E-state index contributed by atoms with van der Waals surface area (Å²) in [5.41, 5.74) is 3.69. The number of carbonyl (C=O) groups excluding carboxylic acids is 1. The molecule has 110 valence electrons. The lowest BCUT2D eigenvalue weighted by molar-refractivity contribution is -0.111. The van der Waals surface area contributed by atoms with Crippen LogP contribution in [0.1, 0.15) is 23.5 Å². The molecular weight excluding hydrogens is 358 g/mol. The van der Waals surface area contributed by atoms with E-state index in [1.807, 2.05) is 19.2 Å². The number of rotatable bonds is 1. The van der Waals surface area contributed by atoms with E-state index in [-0.39, 0.29) is 11.0 Å². The fraction of sp³-hybridized carbons (Fsp3) is 0.167. The maximum absolute atomic E-state index is 12.2. The molecule has 0 unspecified atom stereocenters. The summed E-state index contributed by atoms with van der Waals surface area (Å²) >= 11 is 4.86. The first kappa shape index (κ1) is 14.1. The highest BCUT2D eigenvalue weighted by molar-refractivity contribution is 9.10. The van der Waals surface area contributed by atoms with Gasteiger partial charge < -0.3 is 4.57 Å². The van der Waals surface area contributed by atoms with Gasteiger partial charge in [-0.3, -0.25) is 4.79 Å². The molecule has 0 spiro atoms. The van der Waals surface area contributed by atoms with Gasteiger partial charge in [0.15, 0.2) is 5.12 Å². The van der Waals surface area contributed by atoms with Crippen molar-refractivity contribution in [1.82, 2.24) is 4.57 Å². The largest absolute Gasteiger partial charge is 0.338 e. The number of benzene rings is 2. The van der Waals surface area contributed by atoms with Crippen molar-refractivity contribution in [2.24, 2.45) is 7.05 Å². The molecule has 22 heavy (non-hydrogen) atoms. The first-order valence-corrected chi connectivity index (χ1v) is 8.79. The summed E-state index contributed by atoms with van der Waals surface area (Å²) in [5.74, 6) is 0.142. The molecule has 2 nitrogen and oxygen atoms in total. The molecule has 4 heteroatoms. The van der Waals surface area contributed by atoms with Crippen LogP contribution in [-0.4, -0.2) is 9.68 Å². The van der Waals surface area contributed by atoms with Crippen LogP contribution in [0.2, 0.25) is 0 Å². The monoisotopic (exact) mass is 371 g/mol. The summed E-state index contributed by atoms with van der Waals surface area (Å²) in [6.45, 7) is 0. The number of nitrogens with zero attached hydrogens (tertiary/aromatic N) is 1. The Morgan fingerprint density at radius 1 is 1.14 bits per heavy atom. The molecule has 1 aromatic heterocycles. The van der Waals surface area contributed by atoms with Crippen molar-refractivity contribution in [3.05, 3.63) is 64.1 Å². The van der Waals surface area contributed by atoms with E-state index >= 15 is 0 Å². The van der Waals surface area contributed by atoms with Gasteiger partial charge in [0, 0.05) is 40.3 Å². The molecule has 3 aromatic rings. The fourth-order valence-corrected chi connectivity index (χ4v) is 4.58. The van der Waals surface area contributed by atoms with E-state index in [0.29, 0.717) is 6.42 Å². The predicted molar refractivity (Wildman–Crippen MR) is 94.4 cm³/mol. The van der Waals surface area contributed by atoms with E-state index in [1.54, 1.807) is 0 Å². The highest BCUT2D eigenvalue weighted by Crippen LogP contribution is 2.46. The average molecular weight is 372 g/mol. The van der Waals surface area contributed by atoms with Gasteiger partial charge in [0.2, 0.25) is 0 Å². The molecule has 0 amide bonds. The SMILES string of the molecule is Cn1c2c(c3ccccc31)[C@@H](c1ccc(Br)cc1)CC(=O)S2. The summed E-state index contributed by atoms with van der Waals surface area (Å²) < 4.78 is 3.21. The molecule has 1 aliphatic rings. The summed E-state index contributed by atoms with van der Waals surface area (Å²) in [4.78, 5) is 12.2. The highest BCUT2D eigenvalue weighted by Gasteiger charge is 2.32. The van der Waals surface area contributed by atoms with Gasteiger partial charge in [0.25, 0.3) is 0 Å². The second kappa shape index (κ2) is 5.28. The van der Waals surface area contributed by atoms with Crippen LogP contribution in [0.15, 0.2) is 58.0 Å². The molecule has 2 aromatic carbocycles. The molecule has 0 aliphatic carbocycles. The zero-order valence-electron chi connectivity index (χ0n) is 12.0. The molecule has 0 saturated carbocycles. The molecule has 0 fully saturated rings. The molecule has 0 bridgehead atoms. The Balaban J connectivity index is 1.98. The molecule has 0 radical (unpaired) electrons. The van der Waals surface area contributed by atoms with Gasteiger partial charge in [-0.25, -0.2) is 0 Å². The van der Waals surface area contributed by atoms with E-state index in [0.717, 1.165) is 9.50 Å². The smallest absolute Gasteiger partial charge is 0.196 e. The van der Waals surface area contributed by atoms with Gasteiger partial charge in [0.05, 0.1) is 5.03 Å². The minimum Gasteiger partial charge on any atom is -0.338 e. The van der Waals surface area contributed by atoms with Crippen LogP contribution in [0.25, 0.3) is 10.9 Å². The van der Waals surface area contributed by atoms with Crippen LogP contribution < -0.4 is 0 Å². The first-order valence-electron chi connectivity index (χ1n) is 7.18. The average Bonchev–Trinajstić information content (AvgIpc) is 2.81. The number of thioether (sulfide) groups is 1. The molecule has 1 aliphatic heterocycles. The lowest BCUT2D eigenvalue weighted by atomic mass is 9.88. The standard InChI is InChI=1S/C18H14BrNOS/c1-20-15-5-3-2-4-13(15)17-14(10-16(21)22-18(17)20)11-6-8-12(19)9-7-11/h2-9,14H,10H2,1H3/t14-/m1/s1. The Morgan fingerprint density at radius 3 is 2.64 bits per heavy atom. The van der Waals surface area contributed by atoms with Gasteiger partial charge in [-0.2, -0.15) is 0 Å². The maximum atomic E-state index is 12.2. The van der Waals surface area contributed by atoms with Gasteiger partial charge in [-0.15, -0.1) is 0 Å². The molecule has 2 heterocycles. The second-order valence-electron chi connectivity index (χ2n) is 5.58. The third-order valence-electron chi connectivity index (χ3n) is 4.29. The first-order chi connectivity index (χ1) is 10.6. The zero-order chi connectivity index (χ0) is 15.3. The number of fused-ring (bicyclic) bond motifs is 3. The lowest BCUT2D eigenvalue weighted by Gasteiger charge is -2.23. The van der Waals surface area contributed by atoms with Crippen LogP contribution in [-0.2, 0) is 11.8 Å². The second-order valence-corrected chi connectivity index (χ2v) is 7.54. The predicted octanol–water partition coefficient (Wildman–Crippen LogP) is 5.10. The fourth-order valence-electron chi connectivity index (χ4n) is 3.26. The van der Waals surface area contributed by atoms with Crippen LogP contribution in [0.4, 0.5) is 0 Å². The van der Waals surface area contributed by atoms with Crippen LogP contribution in [0.5, 0.6) is 0 Å². The molecule has 0 N–H and O–H groups in total. The van der Waals surface area contributed by atoms with Crippen molar-refractivity contribution in [2.75, 3.05) is 0 Å². The van der Waals surface area contributed by atoms with E-state index < -0.39 is 0 Å². The molecule has 4 rings (SSSR count). The van der Waals surface area contributed by atoms with Crippen molar-refractivity contribution in [3.8, 4) is 0 Å². The maximum Gasteiger partial charge on any atom is 0.196 e. The van der Waals surface area contributed by atoms with Crippen molar-refractivity contribution in [1.29, 1.82) is 0 Å². The topological polar surface area (TPSA) is 22.0 Å². The summed E-state index contributed by atoms with van der Waals surface area (Å²) in [5, 5.41) is 2.59. The van der Waals surface area contributed by atoms with Crippen LogP contribution in [0.3, 0.4) is 0 Å². The Labute approximate surface area is 141 Å². The quantitative estimate of drug-likeness (QED) is 0.593. The number of hydrogen-bond acceptors (Lipinski definition) is 2. The third kappa shape index (κ3) is 2.13. The van der Waals surface area contributed by atoms with E-state index in [2.05, 4.69) is 56.9 Å². The highest BCUT2D eigenvalue weighted by atomic mass is 79.9. The van der Waals surface area contributed by atoms with Gasteiger partial charge in [0.1, 0.15) is 0 Å². The van der Waals surface area contributed by atoms with Crippen LogP contribution in [0, 0.1) is 0 Å². The Bertz CT molecular complexity index is 882.